The van der Waals surface area contributed by atoms with Crippen molar-refractivity contribution in [1.82, 2.24) is 4.98 Å². The van der Waals surface area contributed by atoms with E-state index in [4.69, 9.17) is 11.6 Å². The van der Waals surface area contributed by atoms with Crippen LogP contribution >= 0.6 is 34.3 Å². The first-order valence-corrected chi connectivity index (χ1v) is 6.36. The highest BCUT2D eigenvalue weighted by Gasteiger charge is 2.11. The van der Waals surface area contributed by atoms with E-state index in [1.165, 1.54) is 22.7 Å². The first kappa shape index (κ1) is 10.8. The molecule has 0 atom stereocenters. The van der Waals surface area contributed by atoms with Gasteiger partial charge in [-0.2, -0.15) is 0 Å². The van der Waals surface area contributed by atoms with Gasteiger partial charge in [0.2, 0.25) is 0 Å². The van der Waals surface area contributed by atoms with Crippen LogP contribution in [-0.4, -0.2) is 10.8 Å². The summed E-state index contributed by atoms with van der Waals surface area (Å²) in [6.07, 6.45) is 2.05. The summed E-state index contributed by atoms with van der Waals surface area (Å²) in [5, 5.41) is 0.919. The normalized spacial score (nSPS) is 10.5. The Kier molecular flexibility index (Phi) is 3.19. The topological polar surface area (TPSA) is 30.0 Å². The van der Waals surface area contributed by atoms with Crippen molar-refractivity contribution in [2.45, 2.75) is 13.3 Å². The molecule has 0 aliphatic heterocycles. The van der Waals surface area contributed by atoms with E-state index in [9.17, 15) is 4.79 Å². The molecule has 0 spiro atoms. The number of aromatic nitrogens is 1. The molecule has 2 nitrogen and oxygen atoms in total. The second-order valence-electron chi connectivity index (χ2n) is 3.05. The summed E-state index contributed by atoms with van der Waals surface area (Å²) in [6.45, 7) is 1.89. The summed E-state index contributed by atoms with van der Waals surface area (Å²) in [7, 11) is 0. The van der Waals surface area contributed by atoms with Gasteiger partial charge in [0.25, 0.3) is 0 Å². The molecule has 0 bridgehead atoms. The lowest BCUT2D eigenvalue weighted by atomic mass is 10.2. The molecule has 0 radical (unpaired) electrons. The molecule has 0 amide bonds. The maximum absolute atomic E-state index is 11.8. The Hall–Kier alpha value is -0.710. The number of aryl methyl sites for hydroxylation is 1. The summed E-state index contributed by atoms with van der Waals surface area (Å²) in [4.78, 5) is 17.5. The van der Waals surface area contributed by atoms with Crippen LogP contribution in [0.5, 0.6) is 0 Å². The summed E-state index contributed by atoms with van der Waals surface area (Å²) in [5.74, 6) is 0.110. The molecule has 0 aliphatic rings. The fourth-order valence-electron chi connectivity index (χ4n) is 1.18. The van der Waals surface area contributed by atoms with Gasteiger partial charge in [0.15, 0.2) is 5.78 Å². The summed E-state index contributed by atoms with van der Waals surface area (Å²) < 4.78 is 0.721. The second kappa shape index (κ2) is 4.43. The highest BCUT2D eigenvalue weighted by molar-refractivity contribution is 7.16. The second-order valence-corrected chi connectivity index (χ2v) is 6.08. The number of nitrogens with zero attached hydrogens (tertiary/aromatic N) is 1. The Labute approximate surface area is 101 Å². The molecule has 2 heterocycles. The lowest BCUT2D eigenvalue weighted by molar-refractivity contribution is 0.0997. The highest BCUT2D eigenvalue weighted by atomic mass is 35.5. The smallest absolute Gasteiger partial charge is 0.179 e. The zero-order valence-electron chi connectivity index (χ0n) is 7.99. The third-order valence-electron chi connectivity index (χ3n) is 1.86. The first-order valence-electron chi connectivity index (χ1n) is 4.35. The van der Waals surface area contributed by atoms with Crippen LogP contribution in [0.3, 0.4) is 0 Å². The van der Waals surface area contributed by atoms with Crippen molar-refractivity contribution in [2.24, 2.45) is 0 Å². The van der Waals surface area contributed by atoms with Crippen molar-refractivity contribution in [3.63, 3.8) is 0 Å². The van der Waals surface area contributed by atoms with Crippen LogP contribution in [0.2, 0.25) is 4.34 Å². The minimum Gasteiger partial charge on any atom is -0.293 e. The van der Waals surface area contributed by atoms with Crippen molar-refractivity contribution in [3.8, 4) is 0 Å². The zero-order valence-corrected chi connectivity index (χ0v) is 10.4. The molecule has 0 saturated heterocycles. The number of carbonyl (C=O) groups is 1. The Morgan fingerprint density at radius 2 is 2.27 bits per heavy atom. The molecule has 2 aromatic rings. The van der Waals surface area contributed by atoms with E-state index in [1.807, 2.05) is 19.1 Å². The fraction of sp³-hybridized carbons (Fsp3) is 0.200. The monoisotopic (exact) mass is 257 g/mol. The number of ketones is 1. The van der Waals surface area contributed by atoms with Crippen LogP contribution in [0, 0.1) is 6.92 Å². The molecule has 2 aromatic heterocycles. The van der Waals surface area contributed by atoms with Crippen molar-refractivity contribution in [1.29, 1.82) is 0 Å². The number of carbonyl (C=O) groups excluding carboxylic acids is 1. The van der Waals surface area contributed by atoms with Gasteiger partial charge < -0.3 is 0 Å². The molecule has 78 valence electrons. The van der Waals surface area contributed by atoms with Crippen molar-refractivity contribution in [2.75, 3.05) is 0 Å². The molecule has 0 aliphatic carbocycles. The molecular formula is C10H8ClNOS2. The molecular weight excluding hydrogens is 250 g/mol. The number of hydrogen-bond acceptors (Lipinski definition) is 4. The largest absolute Gasteiger partial charge is 0.293 e. The van der Waals surface area contributed by atoms with Crippen LogP contribution in [-0.2, 0) is 6.42 Å². The van der Waals surface area contributed by atoms with Gasteiger partial charge in [-0.05, 0) is 19.1 Å². The lowest BCUT2D eigenvalue weighted by Gasteiger charge is -1.92. The summed E-state index contributed by atoms with van der Waals surface area (Å²) >= 11 is 8.67. The van der Waals surface area contributed by atoms with Gasteiger partial charge in [0.1, 0.15) is 0 Å². The van der Waals surface area contributed by atoms with E-state index in [-0.39, 0.29) is 5.78 Å². The molecule has 0 fully saturated rings. The van der Waals surface area contributed by atoms with Crippen molar-refractivity contribution >= 4 is 40.1 Å². The first-order chi connectivity index (χ1) is 7.15. The molecule has 0 aromatic carbocycles. The molecule has 2 rings (SSSR count). The minimum atomic E-state index is 0.110. The fourth-order valence-corrected chi connectivity index (χ4v) is 2.98. The summed E-state index contributed by atoms with van der Waals surface area (Å²) in [5.41, 5.74) is 0. The van der Waals surface area contributed by atoms with Crippen LogP contribution in [0.1, 0.15) is 19.6 Å². The maximum atomic E-state index is 11.8. The lowest BCUT2D eigenvalue weighted by Crippen LogP contribution is -1.98. The van der Waals surface area contributed by atoms with Crippen molar-refractivity contribution < 1.29 is 4.79 Å². The van der Waals surface area contributed by atoms with Gasteiger partial charge in [0.05, 0.1) is 14.2 Å². The van der Waals surface area contributed by atoms with E-state index < -0.39 is 0 Å². The molecule has 0 saturated carbocycles. The number of thiazole rings is 1. The van der Waals surface area contributed by atoms with E-state index in [0.29, 0.717) is 6.42 Å². The third-order valence-corrected chi connectivity index (χ3v) is 4.04. The average Bonchev–Trinajstić information content (AvgIpc) is 2.75. The quantitative estimate of drug-likeness (QED) is 0.787. The number of thiophene rings is 1. The Morgan fingerprint density at radius 3 is 2.80 bits per heavy atom. The van der Waals surface area contributed by atoms with Crippen LogP contribution < -0.4 is 0 Å². The van der Waals surface area contributed by atoms with E-state index in [0.717, 1.165) is 19.1 Å². The van der Waals surface area contributed by atoms with E-state index in [1.54, 1.807) is 6.20 Å². The van der Waals surface area contributed by atoms with Crippen LogP contribution in [0.25, 0.3) is 0 Å². The standard InChI is InChI=1S/C10H8ClNOS2/c1-6-12-5-9(14-6)8(13)4-7-2-3-10(11)15-7/h2-3,5H,4H2,1H3. The molecule has 15 heavy (non-hydrogen) atoms. The number of halogens is 1. The predicted molar refractivity (Wildman–Crippen MR) is 64.2 cm³/mol. The van der Waals surface area contributed by atoms with E-state index >= 15 is 0 Å². The van der Waals surface area contributed by atoms with Crippen molar-refractivity contribution in [3.05, 3.63) is 37.4 Å². The maximum Gasteiger partial charge on any atom is 0.179 e. The summed E-state index contributed by atoms with van der Waals surface area (Å²) in [6, 6.07) is 3.70. The van der Waals surface area contributed by atoms with Gasteiger partial charge in [-0.25, -0.2) is 4.98 Å². The molecule has 5 heteroatoms. The highest BCUT2D eigenvalue weighted by Crippen LogP contribution is 2.23. The number of hydrogen-bond donors (Lipinski definition) is 0. The van der Waals surface area contributed by atoms with Gasteiger partial charge in [-0.1, -0.05) is 11.6 Å². The SMILES string of the molecule is Cc1ncc(C(=O)Cc2ccc(Cl)s2)s1. The zero-order chi connectivity index (χ0) is 10.8. The predicted octanol–water partition coefficient (Wildman–Crippen LogP) is 3.59. The number of rotatable bonds is 3. The average molecular weight is 258 g/mol. The van der Waals surface area contributed by atoms with E-state index in [2.05, 4.69) is 4.98 Å². The van der Waals surface area contributed by atoms with Crippen LogP contribution in [0.4, 0.5) is 0 Å². The Morgan fingerprint density at radius 1 is 1.47 bits per heavy atom. The van der Waals surface area contributed by atoms with Gasteiger partial charge >= 0.3 is 0 Å². The Bertz CT molecular complexity index is 489. The number of Topliss-reactive ketones (excluding diaryl/α,β-unsaturated/α-hetero) is 1. The third kappa shape index (κ3) is 2.65. The molecule has 0 N–H and O–H groups in total. The van der Waals surface area contributed by atoms with Gasteiger partial charge in [-0.15, -0.1) is 22.7 Å². The minimum absolute atomic E-state index is 0.110. The van der Waals surface area contributed by atoms with Gasteiger partial charge in [-0.3, -0.25) is 4.79 Å². The van der Waals surface area contributed by atoms with Gasteiger partial charge in [0, 0.05) is 17.5 Å². The molecule has 0 unspecified atom stereocenters. The Balaban J connectivity index is 2.10. The van der Waals surface area contributed by atoms with Crippen LogP contribution in [0.15, 0.2) is 18.3 Å².